The third-order valence-corrected chi connectivity index (χ3v) is 1.98. The first-order valence-electron chi connectivity index (χ1n) is 3.99. The Kier molecular flexibility index (Phi) is 3.61. The minimum Gasteiger partial charge on any atom is -0.307 e. The van der Waals surface area contributed by atoms with E-state index in [0.717, 1.165) is 18.2 Å². The van der Waals surface area contributed by atoms with E-state index in [4.69, 9.17) is 17.4 Å². The Morgan fingerprint density at radius 1 is 1.38 bits per heavy atom. The standard InChI is InChI=1S/C8H7ClF3N3O/c9-6-3-4(14-7(16)15-13)1-2-5(6)8(10,11)12/h1-3H,13H2,(H2,14,15,16). The van der Waals surface area contributed by atoms with Crippen molar-refractivity contribution in [2.24, 2.45) is 5.84 Å². The quantitative estimate of drug-likeness (QED) is 0.409. The Hall–Kier alpha value is -1.47. The van der Waals surface area contributed by atoms with Crippen molar-refractivity contribution >= 4 is 23.3 Å². The highest BCUT2D eigenvalue weighted by Gasteiger charge is 2.33. The number of hydrazine groups is 1. The summed E-state index contributed by atoms with van der Waals surface area (Å²) in [6.45, 7) is 0. The van der Waals surface area contributed by atoms with Gasteiger partial charge in [0.05, 0.1) is 10.6 Å². The van der Waals surface area contributed by atoms with Crippen LogP contribution in [0.2, 0.25) is 5.02 Å². The van der Waals surface area contributed by atoms with Crippen LogP contribution >= 0.6 is 11.6 Å². The zero-order valence-corrected chi connectivity index (χ0v) is 8.49. The fourth-order valence-corrected chi connectivity index (χ4v) is 1.28. The number of hydrogen-bond acceptors (Lipinski definition) is 2. The van der Waals surface area contributed by atoms with Crippen LogP contribution in [0, 0.1) is 0 Å². The summed E-state index contributed by atoms with van der Waals surface area (Å²) in [6.07, 6.45) is -4.52. The summed E-state index contributed by atoms with van der Waals surface area (Å²) in [7, 11) is 0. The number of nitrogens with two attached hydrogens (primary N) is 1. The van der Waals surface area contributed by atoms with Crippen LogP contribution in [-0.2, 0) is 6.18 Å². The SMILES string of the molecule is NNC(=O)Nc1ccc(C(F)(F)F)c(Cl)c1. The second kappa shape index (κ2) is 4.58. The van der Waals surface area contributed by atoms with Crippen molar-refractivity contribution in [3.8, 4) is 0 Å². The number of benzene rings is 1. The Morgan fingerprint density at radius 2 is 2.00 bits per heavy atom. The van der Waals surface area contributed by atoms with Gasteiger partial charge >= 0.3 is 12.2 Å². The maximum atomic E-state index is 12.3. The van der Waals surface area contributed by atoms with E-state index in [1.807, 2.05) is 0 Å². The topological polar surface area (TPSA) is 67.1 Å². The monoisotopic (exact) mass is 253 g/mol. The Labute approximate surface area is 93.5 Å². The summed E-state index contributed by atoms with van der Waals surface area (Å²) in [4.78, 5) is 10.8. The summed E-state index contributed by atoms with van der Waals surface area (Å²) in [6, 6.07) is 2.08. The Balaban J connectivity index is 2.96. The van der Waals surface area contributed by atoms with Gasteiger partial charge in [0.15, 0.2) is 0 Å². The molecule has 8 heteroatoms. The average Bonchev–Trinajstić information content (AvgIpc) is 2.15. The minimum atomic E-state index is -4.52. The van der Waals surface area contributed by atoms with Crippen molar-refractivity contribution in [1.29, 1.82) is 0 Å². The van der Waals surface area contributed by atoms with Crippen molar-refractivity contribution in [1.82, 2.24) is 5.43 Å². The largest absolute Gasteiger partial charge is 0.417 e. The lowest BCUT2D eigenvalue weighted by atomic mass is 10.2. The van der Waals surface area contributed by atoms with Crippen LogP contribution in [0.15, 0.2) is 18.2 Å². The maximum absolute atomic E-state index is 12.3. The first-order valence-corrected chi connectivity index (χ1v) is 4.36. The number of anilines is 1. The lowest BCUT2D eigenvalue weighted by molar-refractivity contribution is -0.137. The van der Waals surface area contributed by atoms with Gasteiger partial charge in [-0.05, 0) is 18.2 Å². The third kappa shape index (κ3) is 3.01. The zero-order chi connectivity index (χ0) is 12.3. The van der Waals surface area contributed by atoms with E-state index in [-0.39, 0.29) is 5.69 Å². The molecule has 0 bridgehead atoms. The van der Waals surface area contributed by atoms with E-state index in [0.29, 0.717) is 0 Å². The maximum Gasteiger partial charge on any atom is 0.417 e. The molecule has 1 aromatic carbocycles. The van der Waals surface area contributed by atoms with E-state index >= 15 is 0 Å². The number of carbonyl (C=O) groups is 1. The van der Waals surface area contributed by atoms with E-state index in [1.54, 1.807) is 5.43 Å². The first-order chi connectivity index (χ1) is 7.34. The van der Waals surface area contributed by atoms with E-state index in [1.165, 1.54) is 0 Å². The van der Waals surface area contributed by atoms with Crippen molar-refractivity contribution in [2.75, 3.05) is 5.32 Å². The molecule has 2 amide bonds. The smallest absolute Gasteiger partial charge is 0.307 e. The highest BCUT2D eigenvalue weighted by atomic mass is 35.5. The number of amides is 2. The second-order valence-corrected chi connectivity index (χ2v) is 3.20. The minimum absolute atomic E-state index is 0.112. The molecule has 0 aliphatic rings. The molecular formula is C8H7ClF3N3O. The number of carbonyl (C=O) groups excluding carboxylic acids is 1. The molecule has 1 aromatic rings. The normalized spacial score (nSPS) is 11.1. The van der Waals surface area contributed by atoms with Gasteiger partial charge in [0.2, 0.25) is 0 Å². The molecule has 0 saturated carbocycles. The van der Waals surface area contributed by atoms with Crippen LogP contribution in [-0.4, -0.2) is 6.03 Å². The molecule has 1 rings (SSSR count). The highest BCUT2D eigenvalue weighted by molar-refractivity contribution is 6.31. The lowest BCUT2D eigenvalue weighted by Crippen LogP contribution is -2.34. The van der Waals surface area contributed by atoms with Gasteiger partial charge in [-0.1, -0.05) is 11.6 Å². The molecule has 0 radical (unpaired) electrons. The lowest BCUT2D eigenvalue weighted by Gasteiger charge is -2.10. The van der Waals surface area contributed by atoms with Gasteiger partial charge in [0.25, 0.3) is 0 Å². The molecule has 0 unspecified atom stereocenters. The molecule has 0 aliphatic heterocycles. The number of nitrogens with one attached hydrogen (secondary N) is 2. The van der Waals surface area contributed by atoms with Gasteiger partial charge in [-0.25, -0.2) is 10.6 Å². The summed E-state index contributed by atoms with van der Waals surface area (Å²) in [5.74, 6) is 4.78. The number of rotatable bonds is 1. The third-order valence-electron chi connectivity index (χ3n) is 1.66. The van der Waals surface area contributed by atoms with Crippen LogP contribution in [0.5, 0.6) is 0 Å². The van der Waals surface area contributed by atoms with Crippen molar-refractivity contribution in [3.63, 3.8) is 0 Å². The fourth-order valence-electron chi connectivity index (χ4n) is 0.990. The number of alkyl halides is 3. The first kappa shape index (κ1) is 12.6. The number of hydrogen-bond donors (Lipinski definition) is 3. The summed E-state index contributed by atoms with van der Waals surface area (Å²) < 4.78 is 36.9. The van der Waals surface area contributed by atoms with Gasteiger partial charge < -0.3 is 5.32 Å². The number of urea groups is 1. The van der Waals surface area contributed by atoms with E-state index in [2.05, 4.69) is 5.32 Å². The van der Waals surface area contributed by atoms with Crippen LogP contribution in [0.1, 0.15) is 5.56 Å². The Morgan fingerprint density at radius 3 is 2.44 bits per heavy atom. The van der Waals surface area contributed by atoms with E-state index < -0.39 is 22.8 Å². The Bertz CT molecular complexity index is 408. The molecule has 0 atom stereocenters. The molecule has 0 aliphatic carbocycles. The molecular weight excluding hydrogens is 247 g/mol. The second-order valence-electron chi connectivity index (χ2n) is 2.79. The predicted octanol–water partition coefficient (Wildman–Crippen LogP) is 2.35. The van der Waals surface area contributed by atoms with Crippen molar-refractivity contribution in [2.45, 2.75) is 6.18 Å². The van der Waals surface area contributed by atoms with E-state index in [9.17, 15) is 18.0 Å². The van der Waals surface area contributed by atoms with Crippen LogP contribution < -0.4 is 16.6 Å². The molecule has 0 spiro atoms. The molecule has 88 valence electrons. The van der Waals surface area contributed by atoms with Gasteiger partial charge in [0, 0.05) is 5.69 Å². The molecule has 0 heterocycles. The molecule has 4 nitrogen and oxygen atoms in total. The van der Waals surface area contributed by atoms with Crippen LogP contribution in [0.4, 0.5) is 23.7 Å². The molecule has 4 N–H and O–H groups in total. The highest BCUT2D eigenvalue weighted by Crippen LogP contribution is 2.35. The molecule has 16 heavy (non-hydrogen) atoms. The van der Waals surface area contributed by atoms with Crippen LogP contribution in [0.25, 0.3) is 0 Å². The fraction of sp³-hybridized carbons (Fsp3) is 0.125. The summed E-state index contributed by atoms with van der Waals surface area (Å²) in [5, 5.41) is 1.69. The average molecular weight is 254 g/mol. The summed E-state index contributed by atoms with van der Waals surface area (Å²) in [5.41, 5.74) is 0.909. The molecule has 0 fully saturated rings. The predicted molar refractivity (Wildman–Crippen MR) is 52.8 cm³/mol. The van der Waals surface area contributed by atoms with Gasteiger partial charge in [-0.3, -0.25) is 5.43 Å². The molecule has 0 aromatic heterocycles. The van der Waals surface area contributed by atoms with Gasteiger partial charge in [-0.15, -0.1) is 0 Å². The zero-order valence-electron chi connectivity index (χ0n) is 7.73. The molecule has 0 saturated heterocycles. The van der Waals surface area contributed by atoms with Crippen molar-refractivity contribution in [3.05, 3.63) is 28.8 Å². The summed E-state index contributed by atoms with van der Waals surface area (Å²) >= 11 is 5.42. The van der Waals surface area contributed by atoms with Crippen molar-refractivity contribution < 1.29 is 18.0 Å². The number of halogens is 4. The van der Waals surface area contributed by atoms with Gasteiger partial charge in [0.1, 0.15) is 0 Å². The van der Waals surface area contributed by atoms with Crippen LogP contribution in [0.3, 0.4) is 0 Å². The van der Waals surface area contributed by atoms with Gasteiger partial charge in [-0.2, -0.15) is 13.2 Å².